The van der Waals surface area contributed by atoms with E-state index in [4.69, 9.17) is 9.84 Å². The topological polar surface area (TPSA) is 99.1 Å². The van der Waals surface area contributed by atoms with Gasteiger partial charge in [0, 0.05) is 26.6 Å². The van der Waals surface area contributed by atoms with Crippen molar-refractivity contribution in [1.82, 2.24) is 10.2 Å². The highest BCUT2D eigenvalue weighted by molar-refractivity contribution is 5.75. The summed E-state index contributed by atoms with van der Waals surface area (Å²) in [5.41, 5.74) is -1.42. The summed E-state index contributed by atoms with van der Waals surface area (Å²) >= 11 is 0. The zero-order valence-corrected chi connectivity index (χ0v) is 21.9. The molecule has 0 radical (unpaired) electrons. The Balaban J connectivity index is 0.000000454. The smallest absolute Gasteiger partial charge is 0.308 e. The molecule has 2 fully saturated rings. The van der Waals surface area contributed by atoms with E-state index in [0.717, 1.165) is 37.1 Å². The van der Waals surface area contributed by atoms with Gasteiger partial charge in [-0.15, -0.1) is 0 Å². The number of carbonyl (C=O) groups excluding carboxylic acids is 1. The van der Waals surface area contributed by atoms with Crippen LogP contribution in [-0.4, -0.2) is 52.2 Å². The number of hydrogen-bond acceptors (Lipinski definition) is 5. The minimum atomic E-state index is -0.963. The number of aliphatic hydroxyl groups is 1. The summed E-state index contributed by atoms with van der Waals surface area (Å²) in [4.78, 5) is 24.6. The summed E-state index contributed by atoms with van der Waals surface area (Å²) < 4.78 is 6.07. The summed E-state index contributed by atoms with van der Waals surface area (Å²) in [5, 5.41) is 23.6. The molecule has 1 atom stereocenters. The van der Waals surface area contributed by atoms with Gasteiger partial charge in [0.25, 0.3) is 0 Å². The lowest BCUT2D eigenvalue weighted by Crippen LogP contribution is -2.71. The van der Waals surface area contributed by atoms with Crippen molar-refractivity contribution in [3.8, 4) is 11.5 Å². The fourth-order valence-electron chi connectivity index (χ4n) is 5.11. The third-order valence-electron chi connectivity index (χ3n) is 7.12. The molecule has 1 saturated carbocycles. The molecular weight excluding hydrogens is 456 g/mol. The second-order valence-corrected chi connectivity index (χ2v) is 10.8. The van der Waals surface area contributed by atoms with E-state index in [1.165, 1.54) is 0 Å². The number of carboxylic acid groups (broad SMARTS) is 1. The van der Waals surface area contributed by atoms with E-state index >= 15 is 0 Å². The molecule has 1 unspecified atom stereocenters. The minimum Gasteiger partial charge on any atom is -0.481 e. The number of hydrogen-bond donors (Lipinski definition) is 3. The minimum absolute atomic E-state index is 0.000112. The van der Waals surface area contributed by atoms with Crippen molar-refractivity contribution in [1.29, 1.82) is 0 Å². The van der Waals surface area contributed by atoms with Crippen molar-refractivity contribution < 1.29 is 24.5 Å². The van der Waals surface area contributed by atoms with E-state index in [9.17, 15) is 14.7 Å². The quantitative estimate of drug-likeness (QED) is 0.555. The SMILES string of the molecule is CC(=O)N1CCNCC1(c1cccc(Oc2ccccc2)c1)C1(O)CCCCC1.CC(C)(C)C(=O)O. The summed E-state index contributed by atoms with van der Waals surface area (Å²) in [7, 11) is 0. The van der Waals surface area contributed by atoms with E-state index in [0.29, 0.717) is 31.7 Å². The first kappa shape index (κ1) is 27.7. The second kappa shape index (κ2) is 11.4. The molecule has 0 spiro atoms. The molecule has 1 amide bonds. The molecule has 0 bridgehead atoms. The number of aliphatic carboxylic acids is 1. The van der Waals surface area contributed by atoms with Crippen LogP contribution >= 0.6 is 0 Å². The fourth-order valence-corrected chi connectivity index (χ4v) is 5.11. The highest BCUT2D eigenvalue weighted by Gasteiger charge is 2.57. The number of piperazine rings is 1. The number of benzene rings is 2. The number of carboxylic acids is 1. The van der Waals surface area contributed by atoms with Gasteiger partial charge in [-0.05, 0) is 63.4 Å². The number of carbonyl (C=O) groups is 2. The van der Waals surface area contributed by atoms with Gasteiger partial charge in [0.15, 0.2) is 0 Å². The number of nitrogens with one attached hydrogen (secondary N) is 1. The number of ether oxygens (including phenoxy) is 1. The Morgan fingerprint density at radius 1 is 0.972 bits per heavy atom. The molecule has 1 saturated heterocycles. The number of nitrogens with zero attached hydrogens (tertiary/aromatic N) is 1. The number of para-hydroxylation sites is 1. The van der Waals surface area contributed by atoms with E-state index in [-0.39, 0.29) is 5.91 Å². The van der Waals surface area contributed by atoms with Crippen LogP contribution in [0.15, 0.2) is 54.6 Å². The molecule has 2 aromatic rings. The van der Waals surface area contributed by atoms with Gasteiger partial charge in [0.1, 0.15) is 17.0 Å². The second-order valence-electron chi connectivity index (χ2n) is 10.8. The summed E-state index contributed by atoms with van der Waals surface area (Å²) in [6.45, 7) is 8.45. The molecule has 3 N–H and O–H groups in total. The maximum absolute atomic E-state index is 12.7. The summed E-state index contributed by atoms with van der Waals surface area (Å²) in [5.74, 6) is 0.717. The van der Waals surface area contributed by atoms with Crippen molar-refractivity contribution >= 4 is 11.9 Å². The lowest BCUT2D eigenvalue weighted by Gasteiger charge is -2.57. The van der Waals surface area contributed by atoms with Crippen LogP contribution in [-0.2, 0) is 15.1 Å². The van der Waals surface area contributed by atoms with Crippen molar-refractivity contribution in [3.05, 3.63) is 60.2 Å². The molecule has 4 rings (SSSR count). The average molecular weight is 497 g/mol. The number of amides is 1. The van der Waals surface area contributed by atoms with Gasteiger partial charge >= 0.3 is 5.97 Å². The first-order valence-corrected chi connectivity index (χ1v) is 12.8. The lowest BCUT2D eigenvalue weighted by molar-refractivity contribution is -0.169. The molecule has 2 aromatic carbocycles. The molecule has 1 aliphatic carbocycles. The van der Waals surface area contributed by atoms with Gasteiger partial charge < -0.3 is 25.2 Å². The highest BCUT2D eigenvalue weighted by Crippen LogP contribution is 2.48. The molecule has 36 heavy (non-hydrogen) atoms. The van der Waals surface area contributed by atoms with Crippen LogP contribution in [0.25, 0.3) is 0 Å². The molecule has 7 nitrogen and oxygen atoms in total. The maximum atomic E-state index is 12.7. The van der Waals surface area contributed by atoms with Crippen molar-refractivity contribution in [2.75, 3.05) is 19.6 Å². The first-order valence-electron chi connectivity index (χ1n) is 12.8. The van der Waals surface area contributed by atoms with Crippen LogP contribution in [0.3, 0.4) is 0 Å². The monoisotopic (exact) mass is 496 g/mol. The van der Waals surface area contributed by atoms with Crippen molar-refractivity contribution in [2.45, 2.75) is 70.9 Å². The van der Waals surface area contributed by atoms with Crippen LogP contribution in [0.5, 0.6) is 11.5 Å². The van der Waals surface area contributed by atoms with Crippen LogP contribution in [0, 0.1) is 5.41 Å². The predicted molar refractivity (Wildman–Crippen MR) is 140 cm³/mol. The van der Waals surface area contributed by atoms with E-state index in [2.05, 4.69) is 5.32 Å². The van der Waals surface area contributed by atoms with Gasteiger partial charge in [-0.25, -0.2) is 0 Å². The number of rotatable bonds is 4. The Kier molecular flexibility index (Phi) is 8.80. The van der Waals surface area contributed by atoms with Gasteiger partial charge in [-0.3, -0.25) is 9.59 Å². The third-order valence-corrected chi connectivity index (χ3v) is 7.12. The van der Waals surface area contributed by atoms with Crippen LogP contribution in [0.4, 0.5) is 0 Å². The third kappa shape index (κ3) is 6.08. The van der Waals surface area contributed by atoms with E-state index in [1.807, 2.05) is 59.5 Å². The van der Waals surface area contributed by atoms with Crippen LogP contribution in [0.1, 0.15) is 65.4 Å². The Morgan fingerprint density at radius 3 is 2.17 bits per heavy atom. The zero-order chi connectivity index (χ0) is 26.4. The first-order chi connectivity index (χ1) is 17.0. The van der Waals surface area contributed by atoms with Gasteiger partial charge in [0.2, 0.25) is 5.91 Å². The van der Waals surface area contributed by atoms with E-state index in [1.54, 1.807) is 27.7 Å². The summed E-state index contributed by atoms with van der Waals surface area (Å²) in [6.07, 6.45) is 4.47. The Hall–Kier alpha value is -2.90. The van der Waals surface area contributed by atoms with Gasteiger partial charge in [0.05, 0.1) is 11.0 Å². The highest BCUT2D eigenvalue weighted by atomic mass is 16.5. The maximum Gasteiger partial charge on any atom is 0.308 e. The molecule has 7 heteroatoms. The summed E-state index contributed by atoms with van der Waals surface area (Å²) in [6, 6.07) is 17.5. The van der Waals surface area contributed by atoms with Crippen LogP contribution < -0.4 is 10.1 Å². The predicted octanol–water partition coefficient (Wildman–Crippen LogP) is 4.94. The molecule has 196 valence electrons. The lowest BCUT2D eigenvalue weighted by atomic mass is 9.65. The zero-order valence-electron chi connectivity index (χ0n) is 21.9. The molecule has 1 aliphatic heterocycles. The van der Waals surface area contributed by atoms with Crippen molar-refractivity contribution in [2.24, 2.45) is 5.41 Å². The van der Waals surface area contributed by atoms with Crippen LogP contribution in [0.2, 0.25) is 0 Å². The van der Waals surface area contributed by atoms with Crippen molar-refractivity contribution in [3.63, 3.8) is 0 Å². The van der Waals surface area contributed by atoms with Gasteiger partial charge in [-0.1, -0.05) is 49.6 Å². The fraction of sp³-hybridized carbons (Fsp3) is 0.517. The largest absolute Gasteiger partial charge is 0.481 e. The normalized spacial score (nSPS) is 21.6. The molecular formula is C29H40N2O5. The van der Waals surface area contributed by atoms with Gasteiger partial charge in [-0.2, -0.15) is 0 Å². The molecule has 1 heterocycles. The molecule has 0 aromatic heterocycles. The molecule has 2 aliphatic rings. The van der Waals surface area contributed by atoms with E-state index < -0.39 is 22.5 Å². The average Bonchev–Trinajstić information content (AvgIpc) is 2.85. The Labute approximate surface area is 214 Å². The Morgan fingerprint density at radius 2 is 1.58 bits per heavy atom. The standard InChI is InChI=1S/C24H30N2O3.C5H10O2/c1-19(27)26-16-15-25-18-24(26,23(28)13-6-3-7-14-23)20-9-8-12-22(17-20)29-21-10-4-2-5-11-21;1-5(2,3)4(6)7/h2,4-5,8-12,17,25,28H,3,6-7,13-16,18H2,1H3;1-3H3,(H,6,7). The Bertz CT molecular complexity index is 1030.